The summed E-state index contributed by atoms with van der Waals surface area (Å²) in [4.78, 5) is -0.113. The number of aliphatic hydroxyl groups is 1. The summed E-state index contributed by atoms with van der Waals surface area (Å²) in [6, 6.07) is 6.07. The molecule has 1 aromatic carbocycles. The smallest absolute Gasteiger partial charge is 0.294 e. The highest BCUT2D eigenvalue weighted by molar-refractivity contribution is 7.85. The van der Waals surface area contributed by atoms with E-state index in [2.05, 4.69) is 13.8 Å². The summed E-state index contributed by atoms with van der Waals surface area (Å²) in [6.45, 7) is 4.42. The molecule has 3 atom stereocenters. The summed E-state index contributed by atoms with van der Waals surface area (Å²) in [7, 11) is -4.15. The van der Waals surface area contributed by atoms with Crippen molar-refractivity contribution in [2.45, 2.75) is 37.7 Å². The number of benzene rings is 1. The molecule has 3 rings (SSSR count). The molecular weight excluding hydrogens is 288 g/mol. The number of aliphatic hydroxyl groups excluding tert-OH is 1. The van der Waals surface area contributed by atoms with Crippen LogP contribution in [0.1, 0.15) is 32.3 Å². The van der Waals surface area contributed by atoms with E-state index in [1.807, 2.05) is 6.08 Å². The van der Waals surface area contributed by atoms with Gasteiger partial charge in [0.15, 0.2) is 0 Å². The second kappa shape index (κ2) is 4.66. The van der Waals surface area contributed by atoms with Gasteiger partial charge < -0.3 is 5.11 Å². The summed E-state index contributed by atoms with van der Waals surface area (Å²) in [5.74, 6) is 0.699. The molecule has 0 heterocycles. The highest BCUT2D eigenvalue weighted by atomic mass is 32.2. The molecule has 2 fully saturated rings. The molecule has 2 bridgehead atoms. The van der Waals surface area contributed by atoms with E-state index < -0.39 is 16.2 Å². The SMILES string of the molecule is CC1(C)C2CCC1C(O)/C2=C/c1ccc(S(=O)(=O)O)cc1. The van der Waals surface area contributed by atoms with Crippen molar-refractivity contribution in [3.8, 4) is 0 Å². The molecule has 0 saturated heterocycles. The van der Waals surface area contributed by atoms with Gasteiger partial charge in [0.05, 0.1) is 11.0 Å². The third-order valence-electron chi connectivity index (χ3n) is 5.26. The number of fused-ring (bicyclic) bond motifs is 2. The van der Waals surface area contributed by atoms with Crippen LogP contribution in [-0.4, -0.2) is 24.2 Å². The Balaban J connectivity index is 1.93. The van der Waals surface area contributed by atoms with Crippen molar-refractivity contribution in [2.24, 2.45) is 17.3 Å². The molecule has 0 spiro atoms. The molecule has 21 heavy (non-hydrogen) atoms. The van der Waals surface area contributed by atoms with Crippen LogP contribution in [0.5, 0.6) is 0 Å². The summed E-state index contributed by atoms with van der Waals surface area (Å²) >= 11 is 0. The summed E-state index contributed by atoms with van der Waals surface area (Å²) < 4.78 is 31.0. The van der Waals surface area contributed by atoms with Crippen molar-refractivity contribution in [3.63, 3.8) is 0 Å². The van der Waals surface area contributed by atoms with Gasteiger partial charge in [-0.25, -0.2) is 0 Å². The van der Waals surface area contributed by atoms with Crippen LogP contribution < -0.4 is 0 Å². The fourth-order valence-electron chi connectivity index (χ4n) is 4.06. The molecule has 4 nitrogen and oxygen atoms in total. The van der Waals surface area contributed by atoms with Gasteiger partial charge in [-0.2, -0.15) is 8.42 Å². The number of hydrogen-bond acceptors (Lipinski definition) is 3. The lowest BCUT2D eigenvalue weighted by Crippen LogP contribution is -2.22. The molecule has 0 amide bonds. The van der Waals surface area contributed by atoms with Gasteiger partial charge in [0.1, 0.15) is 0 Å². The Hall–Kier alpha value is -1.17. The van der Waals surface area contributed by atoms with Crippen molar-refractivity contribution >= 4 is 16.2 Å². The molecule has 1 aromatic rings. The summed E-state index contributed by atoms with van der Waals surface area (Å²) in [5.41, 5.74) is 2.02. The third-order valence-corrected chi connectivity index (χ3v) is 6.12. The van der Waals surface area contributed by atoms with Crippen molar-refractivity contribution < 1.29 is 18.1 Å². The monoisotopic (exact) mass is 308 g/mol. The highest BCUT2D eigenvalue weighted by Gasteiger charge is 2.55. The molecule has 0 aromatic heterocycles. The maximum atomic E-state index is 11.0. The average Bonchev–Trinajstić information content (AvgIpc) is 2.77. The van der Waals surface area contributed by atoms with Crippen LogP contribution in [0.15, 0.2) is 34.7 Å². The fourth-order valence-corrected chi connectivity index (χ4v) is 4.54. The first-order valence-electron chi connectivity index (χ1n) is 7.18. The van der Waals surface area contributed by atoms with Crippen LogP contribution >= 0.6 is 0 Å². The molecule has 2 aliphatic rings. The molecular formula is C16H20O4S. The maximum Gasteiger partial charge on any atom is 0.294 e. The minimum atomic E-state index is -4.15. The van der Waals surface area contributed by atoms with Crippen LogP contribution in [-0.2, 0) is 10.1 Å². The van der Waals surface area contributed by atoms with Crippen LogP contribution in [0.4, 0.5) is 0 Å². The van der Waals surface area contributed by atoms with E-state index in [0.717, 1.165) is 24.0 Å². The van der Waals surface area contributed by atoms with Crippen LogP contribution in [0.2, 0.25) is 0 Å². The Morgan fingerprint density at radius 2 is 1.81 bits per heavy atom. The van der Waals surface area contributed by atoms with Gasteiger partial charge >= 0.3 is 0 Å². The average molecular weight is 308 g/mol. The van der Waals surface area contributed by atoms with Gasteiger partial charge in [0.2, 0.25) is 0 Å². The van der Waals surface area contributed by atoms with Crippen molar-refractivity contribution in [1.82, 2.24) is 0 Å². The zero-order valence-electron chi connectivity index (χ0n) is 12.2. The number of hydrogen-bond donors (Lipinski definition) is 2. The molecule has 2 N–H and O–H groups in total. The zero-order chi connectivity index (χ0) is 15.4. The molecule has 2 aliphatic carbocycles. The highest BCUT2D eigenvalue weighted by Crippen LogP contribution is 2.60. The first kappa shape index (κ1) is 14.8. The van der Waals surface area contributed by atoms with Gasteiger partial charge in [0.25, 0.3) is 10.1 Å². The second-order valence-corrected chi connectivity index (χ2v) is 8.11. The van der Waals surface area contributed by atoms with Crippen molar-refractivity contribution in [2.75, 3.05) is 0 Å². The molecule has 0 radical (unpaired) electrons. The predicted molar refractivity (Wildman–Crippen MR) is 80.2 cm³/mol. The molecule has 0 aliphatic heterocycles. The van der Waals surface area contributed by atoms with Gasteiger partial charge in [-0.05, 0) is 53.4 Å². The fraction of sp³-hybridized carbons (Fsp3) is 0.500. The summed E-state index contributed by atoms with van der Waals surface area (Å²) in [5, 5.41) is 10.5. The third kappa shape index (κ3) is 2.33. The first-order chi connectivity index (χ1) is 9.71. The van der Waals surface area contributed by atoms with Crippen molar-refractivity contribution in [3.05, 3.63) is 35.4 Å². The Labute approximate surface area is 125 Å². The molecule has 2 saturated carbocycles. The first-order valence-corrected chi connectivity index (χ1v) is 8.62. The standard InChI is InChI=1S/C16H20O4S/c1-16(2)13-7-8-14(16)15(17)12(13)9-10-3-5-11(6-4-10)21(18,19)20/h3-6,9,13-15,17H,7-8H2,1-2H3,(H,18,19,20)/b12-9+. The zero-order valence-corrected chi connectivity index (χ0v) is 13.0. The lowest BCUT2D eigenvalue weighted by Gasteiger charge is -2.23. The van der Waals surface area contributed by atoms with E-state index in [0.29, 0.717) is 11.8 Å². The largest absolute Gasteiger partial charge is 0.388 e. The van der Waals surface area contributed by atoms with E-state index in [-0.39, 0.29) is 10.3 Å². The lowest BCUT2D eigenvalue weighted by atomic mass is 9.81. The Morgan fingerprint density at radius 1 is 1.19 bits per heavy atom. The number of rotatable bonds is 2. The van der Waals surface area contributed by atoms with Crippen LogP contribution in [0.25, 0.3) is 6.08 Å². The molecule has 114 valence electrons. The Bertz CT molecular complexity index is 685. The van der Waals surface area contributed by atoms with Crippen molar-refractivity contribution in [1.29, 1.82) is 0 Å². The summed E-state index contributed by atoms with van der Waals surface area (Å²) in [6.07, 6.45) is 3.73. The van der Waals surface area contributed by atoms with Gasteiger partial charge in [-0.1, -0.05) is 32.1 Å². The minimum absolute atomic E-state index is 0.113. The normalized spacial score (nSPS) is 32.8. The van der Waals surface area contributed by atoms with Gasteiger partial charge in [-0.15, -0.1) is 0 Å². The van der Waals surface area contributed by atoms with Gasteiger partial charge in [-0.3, -0.25) is 4.55 Å². The van der Waals surface area contributed by atoms with E-state index in [1.54, 1.807) is 12.1 Å². The van der Waals surface area contributed by atoms with E-state index >= 15 is 0 Å². The van der Waals surface area contributed by atoms with E-state index in [1.165, 1.54) is 12.1 Å². The van der Waals surface area contributed by atoms with E-state index in [9.17, 15) is 13.5 Å². The predicted octanol–water partition coefficient (Wildman–Crippen LogP) is 2.74. The molecule has 5 heteroatoms. The Kier molecular flexibility index (Phi) is 3.28. The topological polar surface area (TPSA) is 74.6 Å². The lowest BCUT2D eigenvalue weighted by molar-refractivity contribution is 0.116. The molecule has 3 unspecified atom stereocenters. The quantitative estimate of drug-likeness (QED) is 0.824. The maximum absolute atomic E-state index is 11.0. The van der Waals surface area contributed by atoms with E-state index in [4.69, 9.17) is 4.55 Å². The minimum Gasteiger partial charge on any atom is -0.388 e. The van der Waals surface area contributed by atoms with Crippen LogP contribution in [0.3, 0.4) is 0 Å². The Morgan fingerprint density at radius 3 is 2.29 bits per heavy atom. The second-order valence-electron chi connectivity index (χ2n) is 6.69. The van der Waals surface area contributed by atoms with Gasteiger partial charge in [0, 0.05) is 0 Å². The van der Waals surface area contributed by atoms with Crippen LogP contribution in [0, 0.1) is 17.3 Å².